The lowest BCUT2D eigenvalue weighted by Gasteiger charge is -2.16. The van der Waals surface area contributed by atoms with Crippen molar-refractivity contribution in [1.29, 1.82) is 0 Å². The number of methoxy groups -OCH3 is 2. The van der Waals surface area contributed by atoms with Crippen LogP contribution in [0.4, 0.5) is 0 Å². The predicted octanol–water partition coefficient (Wildman–Crippen LogP) is 4.43. The van der Waals surface area contributed by atoms with Crippen LogP contribution in [0.3, 0.4) is 0 Å². The van der Waals surface area contributed by atoms with Crippen LogP contribution in [0.25, 0.3) is 0 Å². The number of carbonyl (C=O) groups excluding carboxylic acids is 1. The molecule has 0 saturated carbocycles. The van der Waals surface area contributed by atoms with E-state index < -0.39 is 0 Å². The highest BCUT2D eigenvalue weighted by Crippen LogP contribution is 2.27. The molecule has 1 atom stereocenters. The lowest BCUT2D eigenvalue weighted by molar-refractivity contribution is -0.121. The maximum Gasteiger partial charge on any atom is 0.225 e. The second-order valence-corrected chi connectivity index (χ2v) is 6.13. The Labute approximate surface area is 151 Å². The zero-order chi connectivity index (χ0) is 17.7. The SMILES string of the molecule is COc1ccc(OC)c(CC(=O)NC(C)c2ccc(Cl)c(Cl)c2)c1. The van der Waals surface area contributed by atoms with Crippen LogP contribution in [0.1, 0.15) is 24.1 Å². The van der Waals surface area contributed by atoms with Gasteiger partial charge in [-0.25, -0.2) is 0 Å². The highest BCUT2D eigenvalue weighted by molar-refractivity contribution is 6.42. The Balaban J connectivity index is 2.08. The molecule has 24 heavy (non-hydrogen) atoms. The fraction of sp³-hybridized carbons (Fsp3) is 0.278. The van der Waals surface area contributed by atoms with Crippen LogP contribution in [-0.4, -0.2) is 20.1 Å². The first-order valence-corrected chi connectivity index (χ1v) is 8.15. The Morgan fingerprint density at radius 1 is 1.08 bits per heavy atom. The third kappa shape index (κ3) is 4.56. The molecule has 0 heterocycles. The van der Waals surface area contributed by atoms with Crippen molar-refractivity contribution in [1.82, 2.24) is 5.32 Å². The van der Waals surface area contributed by atoms with E-state index >= 15 is 0 Å². The molecule has 0 saturated heterocycles. The summed E-state index contributed by atoms with van der Waals surface area (Å²) in [7, 11) is 3.15. The first-order valence-electron chi connectivity index (χ1n) is 7.39. The van der Waals surface area contributed by atoms with Gasteiger partial charge in [-0.3, -0.25) is 4.79 Å². The van der Waals surface area contributed by atoms with Gasteiger partial charge in [-0.2, -0.15) is 0 Å². The predicted molar refractivity (Wildman–Crippen MR) is 96.3 cm³/mol. The third-order valence-corrected chi connectivity index (χ3v) is 4.40. The van der Waals surface area contributed by atoms with Crippen LogP contribution in [-0.2, 0) is 11.2 Å². The molecule has 0 spiro atoms. The summed E-state index contributed by atoms with van der Waals surface area (Å²) in [4.78, 5) is 12.3. The number of rotatable bonds is 6. The standard InChI is InChI=1S/C18H19Cl2NO3/c1-11(12-4-6-15(19)16(20)9-12)21-18(22)10-13-8-14(23-2)5-7-17(13)24-3/h4-9,11H,10H2,1-3H3,(H,21,22). The number of benzene rings is 2. The molecule has 1 N–H and O–H groups in total. The molecule has 128 valence electrons. The number of hydrogen-bond donors (Lipinski definition) is 1. The molecule has 0 aromatic heterocycles. The van der Waals surface area contributed by atoms with E-state index in [2.05, 4.69) is 5.32 Å². The van der Waals surface area contributed by atoms with Crippen molar-refractivity contribution in [2.24, 2.45) is 0 Å². The average Bonchev–Trinajstić information content (AvgIpc) is 2.57. The van der Waals surface area contributed by atoms with Crippen molar-refractivity contribution in [3.8, 4) is 11.5 Å². The van der Waals surface area contributed by atoms with E-state index in [9.17, 15) is 4.79 Å². The Morgan fingerprint density at radius 3 is 2.46 bits per heavy atom. The van der Waals surface area contributed by atoms with Gasteiger partial charge in [-0.1, -0.05) is 29.3 Å². The molecule has 2 rings (SSSR count). The molecule has 1 unspecified atom stereocenters. The van der Waals surface area contributed by atoms with Crippen molar-refractivity contribution >= 4 is 29.1 Å². The Morgan fingerprint density at radius 2 is 1.83 bits per heavy atom. The summed E-state index contributed by atoms with van der Waals surface area (Å²) in [5, 5.41) is 3.89. The lowest BCUT2D eigenvalue weighted by atomic mass is 10.1. The quantitative estimate of drug-likeness (QED) is 0.821. The minimum atomic E-state index is -0.191. The van der Waals surface area contributed by atoms with Gasteiger partial charge in [0.05, 0.1) is 36.7 Å². The monoisotopic (exact) mass is 367 g/mol. The van der Waals surface area contributed by atoms with Crippen molar-refractivity contribution in [3.63, 3.8) is 0 Å². The normalized spacial score (nSPS) is 11.7. The summed E-state index contributed by atoms with van der Waals surface area (Å²) in [6, 6.07) is 10.5. The minimum absolute atomic E-state index is 0.125. The van der Waals surface area contributed by atoms with Gasteiger partial charge in [0.15, 0.2) is 0 Å². The van der Waals surface area contributed by atoms with Gasteiger partial charge in [0, 0.05) is 5.56 Å². The lowest BCUT2D eigenvalue weighted by Crippen LogP contribution is -2.28. The fourth-order valence-corrected chi connectivity index (χ4v) is 2.66. The molecule has 6 heteroatoms. The smallest absolute Gasteiger partial charge is 0.225 e. The zero-order valence-corrected chi connectivity index (χ0v) is 15.2. The molecule has 0 radical (unpaired) electrons. The molecule has 1 amide bonds. The van der Waals surface area contributed by atoms with Gasteiger partial charge in [0.2, 0.25) is 5.91 Å². The Hall–Kier alpha value is -1.91. The van der Waals surface area contributed by atoms with Crippen LogP contribution >= 0.6 is 23.2 Å². The molecule has 0 aliphatic heterocycles. The van der Waals surface area contributed by atoms with E-state index in [1.807, 2.05) is 13.0 Å². The van der Waals surface area contributed by atoms with Gasteiger partial charge in [-0.05, 0) is 42.8 Å². The van der Waals surface area contributed by atoms with Crippen LogP contribution in [0, 0.1) is 0 Å². The average molecular weight is 368 g/mol. The minimum Gasteiger partial charge on any atom is -0.497 e. The van der Waals surface area contributed by atoms with Gasteiger partial charge < -0.3 is 14.8 Å². The summed E-state index contributed by atoms with van der Waals surface area (Å²) in [6.45, 7) is 1.89. The molecular weight excluding hydrogens is 349 g/mol. The van der Waals surface area contributed by atoms with Crippen molar-refractivity contribution in [2.45, 2.75) is 19.4 Å². The summed E-state index contributed by atoms with van der Waals surface area (Å²) in [5.41, 5.74) is 1.64. The van der Waals surface area contributed by atoms with Gasteiger partial charge >= 0.3 is 0 Å². The van der Waals surface area contributed by atoms with Crippen LogP contribution < -0.4 is 14.8 Å². The summed E-state index contributed by atoms with van der Waals surface area (Å²) < 4.78 is 10.5. The van der Waals surface area contributed by atoms with E-state index in [-0.39, 0.29) is 18.4 Å². The molecule has 0 aliphatic carbocycles. The number of amides is 1. The topological polar surface area (TPSA) is 47.6 Å². The van der Waals surface area contributed by atoms with Crippen LogP contribution in [0.15, 0.2) is 36.4 Å². The number of carbonyl (C=O) groups is 1. The van der Waals surface area contributed by atoms with E-state index in [0.717, 1.165) is 11.1 Å². The van der Waals surface area contributed by atoms with Gasteiger partial charge in [-0.15, -0.1) is 0 Å². The largest absolute Gasteiger partial charge is 0.497 e. The molecule has 0 fully saturated rings. The number of nitrogens with one attached hydrogen (secondary N) is 1. The summed E-state index contributed by atoms with van der Waals surface area (Å²) >= 11 is 11.9. The highest BCUT2D eigenvalue weighted by Gasteiger charge is 2.14. The number of ether oxygens (including phenoxy) is 2. The van der Waals surface area contributed by atoms with E-state index in [0.29, 0.717) is 21.5 Å². The maximum atomic E-state index is 12.3. The van der Waals surface area contributed by atoms with Gasteiger partial charge in [0.25, 0.3) is 0 Å². The van der Waals surface area contributed by atoms with Crippen molar-refractivity contribution in [3.05, 3.63) is 57.6 Å². The molecular formula is C18H19Cl2NO3. The first kappa shape index (κ1) is 18.4. The van der Waals surface area contributed by atoms with E-state index in [1.165, 1.54) is 0 Å². The summed E-state index contributed by atoms with van der Waals surface area (Å²) in [6.07, 6.45) is 0.187. The van der Waals surface area contributed by atoms with Crippen molar-refractivity contribution < 1.29 is 14.3 Å². The third-order valence-electron chi connectivity index (χ3n) is 3.66. The molecule has 4 nitrogen and oxygen atoms in total. The van der Waals surface area contributed by atoms with Crippen molar-refractivity contribution in [2.75, 3.05) is 14.2 Å². The van der Waals surface area contributed by atoms with Crippen LogP contribution in [0.5, 0.6) is 11.5 Å². The summed E-state index contributed by atoms with van der Waals surface area (Å²) in [5.74, 6) is 1.20. The molecule has 2 aromatic carbocycles. The van der Waals surface area contributed by atoms with Gasteiger partial charge in [0.1, 0.15) is 11.5 Å². The highest BCUT2D eigenvalue weighted by atomic mass is 35.5. The Kier molecular flexibility index (Phi) is 6.35. The van der Waals surface area contributed by atoms with Crippen LogP contribution in [0.2, 0.25) is 10.0 Å². The van der Waals surface area contributed by atoms with E-state index in [1.54, 1.807) is 44.6 Å². The second kappa shape index (κ2) is 8.27. The molecule has 2 aromatic rings. The number of hydrogen-bond acceptors (Lipinski definition) is 3. The zero-order valence-electron chi connectivity index (χ0n) is 13.7. The fourth-order valence-electron chi connectivity index (χ4n) is 2.35. The Bertz CT molecular complexity index is 734. The first-order chi connectivity index (χ1) is 11.4. The second-order valence-electron chi connectivity index (χ2n) is 5.32. The molecule has 0 aliphatic rings. The van der Waals surface area contributed by atoms with E-state index in [4.69, 9.17) is 32.7 Å². The molecule has 0 bridgehead atoms. The number of halogens is 2. The maximum absolute atomic E-state index is 12.3.